The summed E-state index contributed by atoms with van der Waals surface area (Å²) in [7, 11) is 1.73. The van der Waals surface area contributed by atoms with Gasteiger partial charge in [-0.25, -0.2) is 13.4 Å². The summed E-state index contributed by atoms with van der Waals surface area (Å²) in [5, 5.41) is 11.1. The minimum absolute atomic E-state index is 0.159. The zero-order valence-corrected chi connectivity index (χ0v) is 18.6. The Bertz CT molecular complexity index is 1220. The highest BCUT2D eigenvalue weighted by atomic mass is 32.2. The van der Waals surface area contributed by atoms with Gasteiger partial charge in [0.25, 0.3) is 5.69 Å². The number of hydrogen-bond donors (Lipinski definition) is 1. The number of nitrogens with one attached hydrogen (secondary N) is 1. The number of nitrogens with zero attached hydrogens (tertiary/aromatic N) is 3. The van der Waals surface area contributed by atoms with Crippen molar-refractivity contribution in [2.45, 2.75) is 10.9 Å². The van der Waals surface area contributed by atoms with Gasteiger partial charge < -0.3 is 18.8 Å². The van der Waals surface area contributed by atoms with Crippen molar-refractivity contribution in [3.8, 4) is 17.2 Å². The Morgan fingerprint density at radius 1 is 1.06 bits per heavy atom. The van der Waals surface area contributed by atoms with Crippen LogP contribution in [0.5, 0.6) is 17.2 Å². The zero-order chi connectivity index (χ0) is 23.5. The smallest absolute Gasteiger partial charge is 0.273 e. The largest absolute Gasteiger partial charge is 0.497 e. The van der Waals surface area contributed by atoms with Crippen LogP contribution in [0.25, 0.3) is 0 Å². The molecule has 0 saturated heterocycles. The lowest BCUT2D eigenvalue weighted by Crippen LogP contribution is -2.31. The molecule has 0 spiro atoms. The number of aromatic nitrogens is 2. The number of hydrogen-bond acceptors (Lipinski definition) is 8. The van der Waals surface area contributed by atoms with Gasteiger partial charge in [0.05, 0.1) is 32.3 Å². The lowest BCUT2D eigenvalue weighted by molar-refractivity contribution is -0.385. The minimum Gasteiger partial charge on any atom is -0.497 e. The number of benzene rings is 2. The third-order valence-electron chi connectivity index (χ3n) is 4.74. The Kier molecular flexibility index (Phi) is 6.65. The Labute approximate surface area is 184 Å². The number of sulfonamides is 1. The van der Waals surface area contributed by atoms with E-state index in [-0.39, 0.29) is 16.3 Å². The molecule has 0 aliphatic carbocycles. The standard InChI is InChI=1S/C20H22N4O7S/c1-23-8-7-21-20(23)19(13-9-15(29-2)12-16(10-13)30-3)22-32(27,28)18-6-5-14(24(25)26)11-17(18)31-4/h5-12,19,22H,1-4H3. The summed E-state index contributed by atoms with van der Waals surface area (Å²) < 4.78 is 46.7. The summed E-state index contributed by atoms with van der Waals surface area (Å²) in [6.07, 6.45) is 3.22. The van der Waals surface area contributed by atoms with Crippen LogP contribution in [0.15, 0.2) is 53.7 Å². The van der Waals surface area contributed by atoms with Gasteiger partial charge in [0.1, 0.15) is 34.0 Å². The fourth-order valence-corrected chi connectivity index (χ4v) is 4.46. The van der Waals surface area contributed by atoms with Gasteiger partial charge >= 0.3 is 0 Å². The quantitative estimate of drug-likeness (QED) is 0.378. The number of nitro groups is 1. The molecule has 1 aromatic heterocycles. The molecule has 2 aromatic carbocycles. The first-order chi connectivity index (χ1) is 15.2. The molecule has 3 aromatic rings. The monoisotopic (exact) mass is 462 g/mol. The van der Waals surface area contributed by atoms with Crippen molar-refractivity contribution in [2.24, 2.45) is 7.05 Å². The fraction of sp³-hybridized carbons (Fsp3) is 0.250. The van der Waals surface area contributed by atoms with Gasteiger partial charge in [-0.15, -0.1) is 0 Å². The molecule has 3 rings (SSSR count). The van der Waals surface area contributed by atoms with E-state index in [1.54, 1.807) is 42.2 Å². The summed E-state index contributed by atoms with van der Waals surface area (Å²) in [5.74, 6) is 1.18. The van der Waals surface area contributed by atoms with E-state index in [0.29, 0.717) is 22.9 Å². The molecular formula is C20H22N4O7S. The normalized spacial score (nSPS) is 12.2. The molecule has 1 N–H and O–H groups in total. The SMILES string of the molecule is COc1cc(OC)cc(C(NS(=O)(=O)c2ccc([N+](=O)[O-])cc2OC)c2nccn2C)c1. The van der Waals surface area contributed by atoms with E-state index in [1.807, 2.05) is 0 Å². The van der Waals surface area contributed by atoms with Crippen LogP contribution < -0.4 is 18.9 Å². The fourth-order valence-electron chi connectivity index (χ4n) is 3.13. The Balaban J connectivity index is 2.12. The maximum atomic E-state index is 13.3. The lowest BCUT2D eigenvalue weighted by Gasteiger charge is -2.21. The van der Waals surface area contributed by atoms with Crippen molar-refractivity contribution >= 4 is 15.7 Å². The van der Waals surface area contributed by atoms with Crippen LogP contribution in [-0.2, 0) is 17.1 Å². The molecule has 32 heavy (non-hydrogen) atoms. The maximum absolute atomic E-state index is 13.3. The van der Waals surface area contributed by atoms with Gasteiger partial charge in [-0.1, -0.05) is 0 Å². The second-order valence-electron chi connectivity index (χ2n) is 6.69. The zero-order valence-electron chi connectivity index (χ0n) is 17.8. The minimum atomic E-state index is -4.21. The molecule has 0 aliphatic rings. The van der Waals surface area contributed by atoms with Crippen LogP contribution in [0.1, 0.15) is 17.4 Å². The molecule has 12 heteroatoms. The van der Waals surface area contributed by atoms with Gasteiger partial charge in [-0.2, -0.15) is 4.72 Å². The average Bonchev–Trinajstić information content (AvgIpc) is 3.21. The molecule has 11 nitrogen and oxygen atoms in total. The summed E-state index contributed by atoms with van der Waals surface area (Å²) in [6.45, 7) is 0. The lowest BCUT2D eigenvalue weighted by atomic mass is 10.1. The van der Waals surface area contributed by atoms with Crippen LogP contribution in [0.4, 0.5) is 5.69 Å². The van der Waals surface area contributed by atoms with Gasteiger partial charge in [-0.05, 0) is 23.8 Å². The second-order valence-corrected chi connectivity index (χ2v) is 8.37. The number of methoxy groups -OCH3 is 3. The van der Waals surface area contributed by atoms with Crippen LogP contribution in [0, 0.1) is 10.1 Å². The Morgan fingerprint density at radius 3 is 2.22 bits per heavy atom. The highest BCUT2D eigenvalue weighted by Gasteiger charge is 2.29. The topological polar surface area (TPSA) is 135 Å². The molecule has 1 unspecified atom stereocenters. The molecule has 0 aliphatic heterocycles. The third-order valence-corrected chi connectivity index (χ3v) is 6.21. The highest BCUT2D eigenvalue weighted by Crippen LogP contribution is 2.33. The third kappa shape index (κ3) is 4.65. The van der Waals surface area contributed by atoms with Crippen molar-refractivity contribution in [2.75, 3.05) is 21.3 Å². The van der Waals surface area contributed by atoms with E-state index in [9.17, 15) is 18.5 Å². The van der Waals surface area contributed by atoms with E-state index in [2.05, 4.69) is 9.71 Å². The number of imidazole rings is 1. The van der Waals surface area contributed by atoms with E-state index in [4.69, 9.17) is 14.2 Å². The summed E-state index contributed by atoms with van der Waals surface area (Å²) in [4.78, 5) is 14.5. The molecular weight excluding hydrogens is 440 g/mol. The predicted molar refractivity (Wildman–Crippen MR) is 115 cm³/mol. The molecule has 170 valence electrons. The van der Waals surface area contributed by atoms with Crippen molar-refractivity contribution in [1.29, 1.82) is 0 Å². The number of ether oxygens (including phenoxy) is 3. The molecule has 0 fully saturated rings. The summed E-state index contributed by atoms with van der Waals surface area (Å²) >= 11 is 0. The molecule has 1 atom stereocenters. The molecule has 0 amide bonds. The van der Waals surface area contributed by atoms with Gasteiger partial charge in [0, 0.05) is 31.6 Å². The van der Waals surface area contributed by atoms with Gasteiger partial charge in [0.15, 0.2) is 0 Å². The van der Waals surface area contributed by atoms with E-state index in [0.717, 1.165) is 18.2 Å². The number of nitro benzene ring substituents is 1. The summed E-state index contributed by atoms with van der Waals surface area (Å²) in [5.41, 5.74) is 0.221. The number of rotatable bonds is 9. The second kappa shape index (κ2) is 9.24. The van der Waals surface area contributed by atoms with Crippen molar-refractivity contribution in [3.63, 3.8) is 0 Å². The van der Waals surface area contributed by atoms with E-state index in [1.165, 1.54) is 21.3 Å². The van der Waals surface area contributed by atoms with E-state index >= 15 is 0 Å². The Hall–Kier alpha value is -3.64. The van der Waals surface area contributed by atoms with Gasteiger partial charge in [-0.3, -0.25) is 10.1 Å². The first kappa shape index (κ1) is 23.0. The molecule has 0 saturated carbocycles. The summed E-state index contributed by atoms with van der Waals surface area (Å²) in [6, 6.07) is 7.34. The van der Waals surface area contributed by atoms with Crippen LogP contribution in [0.2, 0.25) is 0 Å². The van der Waals surface area contributed by atoms with Crippen LogP contribution in [-0.4, -0.2) is 44.2 Å². The van der Waals surface area contributed by atoms with Crippen LogP contribution >= 0.6 is 0 Å². The molecule has 0 bridgehead atoms. The number of aryl methyl sites for hydroxylation is 1. The van der Waals surface area contributed by atoms with Gasteiger partial charge in [0.2, 0.25) is 10.0 Å². The molecule has 0 radical (unpaired) electrons. The van der Waals surface area contributed by atoms with E-state index < -0.39 is 21.0 Å². The Morgan fingerprint density at radius 2 is 1.72 bits per heavy atom. The number of non-ortho nitro benzene ring substituents is 1. The maximum Gasteiger partial charge on any atom is 0.273 e. The molecule has 1 heterocycles. The predicted octanol–water partition coefficient (Wildman–Crippen LogP) is 2.42. The van der Waals surface area contributed by atoms with Crippen molar-refractivity contribution in [3.05, 3.63) is 70.3 Å². The van der Waals surface area contributed by atoms with Crippen molar-refractivity contribution in [1.82, 2.24) is 14.3 Å². The average molecular weight is 462 g/mol. The highest BCUT2D eigenvalue weighted by molar-refractivity contribution is 7.89. The van der Waals surface area contributed by atoms with Crippen LogP contribution in [0.3, 0.4) is 0 Å². The van der Waals surface area contributed by atoms with Crippen molar-refractivity contribution < 1.29 is 27.6 Å². The first-order valence-corrected chi connectivity index (χ1v) is 10.7. The first-order valence-electron chi connectivity index (χ1n) is 9.25.